The van der Waals surface area contributed by atoms with Crippen molar-refractivity contribution in [3.8, 4) is 11.5 Å². The second-order valence-corrected chi connectivity index (χ2v) is 8.90. The number of hydrogen-bond acceptors (Lipinski definition) is 6. The number of nitrogens with zero attached hydrogens (tertiary/aromatic N) is 2. The molecule has 1 N–H and O–H groups in total. The zero-order valence-corrected chi connectivity index (χ0v) is 20.8. The molecule has 0 aromatic heterocycles. The number of benzene rings is 2. The number of para-hydroxylation sites is 1. The van der Waals surface area contributed by atoms with E-state index in [0.717, 1.165) is 6.54 Å². The summed E-state index contributed by atoms with van der Waals surface area (Å²) in [5.41, 5.74) is 1.39. The normalized spacial score (nSPS) is 22.1. The largest absolute Gasteiger partial charge is 0.496 e. The van der Waals surface area contributed by atoms with Gasteiger partial charge in [0, 0.05) is 45.0 Å². The molecule has 0 bridgehead atoms. The molecule has 0 fully saturated rings. The van der Waals surface area contributed by atoms with Crippen LogP contribution in [0.15, 0.2) is 42.5 Å². The molecule has 8 heteroatoms. The van der Waals surface area contributed by atoms with E-state index in [1.54, 1.807) is 61.5 Å². The summed E-state index contributed by atoms with van der Waals surface area (Å²) in [6.07, 6.45) is -0.0909. The van der Waals surface area contributed by atoms with Crippen molar-refractivity contribution >= 4 is 17.5 Å². The Labute approximate surface area is 201 Å². The Morgan fingerprint density at radius 3 is 2.53 bits per heavy atom. The SMILES string of the molecule is COc1ccccc1C(=O)Nc1ccc2c(c1)OC[C@H](C)N(C)C[C@@H](C)[C@H](OC)CN(C)C2=O. The molecule has 1 aliphatic rings. The van der Waals surface area contributed by atoms with Crippen LogP contribution >= 0.6 is 0 Å². The molecule has 2 amide bonds. The first kappa shape index (κ1) is 25.5. The quantitative estimate of drug-likeness (QED) is 0.740. The summed E-state index contributed by atoms with van der Waals surface area (Å²) in [6, 6.07) is 12.2. The van der Waals surface area contributed by atoms with E-state index in [4.69, 9.17) is 14.2 Å². The van der Waals surface area contributed by atoms with Crippen LogP contribution in [0.3, 0.4) is 0 Å². The molecule has 2 aromatic carbocycles. The third-order valence-corrected chi connectivity index (χ3v) is 6.37. The van der Waals surface area contributed by atoms with E-state index >= 15 is 0 Å². The number of rotatable bonds is 4. The highest BCUT2D eigenvalue weighted by molar-refractivity contribution is 6.06. The van der Waals surface area contributed by atoms with Gasteiger partial charge in [0.1, 0.15) is 18.1 Å². The molecule has 0 unspecified atom stereocenters. The van der Waals surface area contributed by atoms with Crippen LogP contribution in [0.25, 0.3) is 0 Å². The highest BCUT2D eigenvalue weighted by Gasteiger charge is 2.27. The Bertz CT molecular complexity index is 1010. The number of hydrogen-bond donors (Lipinski definition) is 1. The fourth-order valence-electron chi connectivity index (χ4n) is 4.06. The molecule has 1 heterocycles. The van der Waals surface area contributed by atoms with Gasteiger partial charge in [-0.3, -0.25) is 14.5 Å². The number of methoxy groups -OCH3 is 2. The predicted molar refractivity (Wildman–Crippen MR) is 132 cm³/mol. The molecule has 0 radical (unpaired) electrons. The van der Waals surface area contributed by atoms with Crippen LogP contribution in [-0.4, -0.2) is 81.8 Å². The van der Waals surface area contributed by atoms with Crippen molar-refractivity contribution in [1.82, 2.24) is 9.80 Å². The Hall–Kier alpha value is -3.10. The standard InChI is InChI=1S/C26H35N3O5/c1-17-14-28(3)18(2)16-34-23-13-19(27-25(30)20-9-7-8-10-22(20)32-5)11-12-21(23)26(31)29(4)15-24(17)33-6/h7-13,17-18,24H,14-16H2,1-6H3,(H,27,30)/t17-,18+,24-/m1/s1. The van der Waals surface area contributed by atoms with Gasteiger partial charge in [0.25, 0.3) is 11.8 Å². The van der Waals surface area contributed by atoms with Gasteiger partial charge in [0.15, 0.2) is 0 Å². The van der Waals surface area contributed by atoms with Crippen molar-refractivity contribution in [3.63, 3.8) is 0 Å². The molecule has 3 rings (SSSR count). The van der Waals surface area contributed by atoms with Gasteiger partial charge in [-0.2, -0.15) is 0 Å². The summed E-state index contributed by atoms with van der Waals surface area (Å²) in [5, 5.41) is 2.88. The van der Waals surface area contributed by atoms with Gasteiger partial charge >= 0.3 is 0 Å². The van der Waals surface area contributed by atoms with E-state index in [1.165, 1.54) is 7.11 Å². The van der Waals surface area contributed by atoms with Crippen molar-refractivity contribution in [2.45, 2.75) is 26.0 Å². The smallest absolute Gasteiger partial charge is 0.259 e. The third-order valence-electron chi connectivity index (χ3n) is 6.37. The lowest BCUT2D eigenvalue weighted by molar-refractivity contribution is 0.0150. The first-order chi connectivity index (χ1) is 16.2. The van der Waals surface area contributed by atoms with Crippen molar-refractivity contribution in [3.05, 3.63) is 53.6 Å². The molecule has 0 saturated carbocycles. The molecule has 0 spiro atoms. The summed E-state index contributed by atoms with van der Waals surface area (Å²) in [7, 11) is 7.03. The van der Waals surface area contributed by atoms with E-state index in [-0.39, 0.29) is 29.9 Å². The maximum atomic E-state index is 13.3. The number of amides is 2. The van der Waals surface area contributed by atoms with E-state index in [0.29, 0.717) is 41.5 Å². The Kier molecular flexibility index (Phi) is 8.52. The summed E-state index contributed by atoms with van der Waals surface area (Å²) in [5.74, 6) is 0.683. The van der Waals surface area contributed by atoms with Crippen molar-refractivity contribution < 1.29 is 23.8 Å². The lowest BCUT2D eigenvalue weighted by Crippen LogP contribution is -2.45. The van der Waals surface area contributed by atoms with E-state index < -0.39 is 0 Å². The minimum Gasteiger partial charge on any atom is -0.496 e. The molecular weight excluding hydrogens is 434 g/mol. The zero-order valence-electron chi connectivity index (χ0n) is 20.8. The van der Waals surface area contributed by atoms with Crippen LogP contribution in [0, 0.1) is 5.92 Å². The van der Waals surface area contributed by atoms with Gasteiger partial charge in [-0.05, 0) is 44.2 Å². The van der Waals surface area contributed by atoms with Crippen LogP contribution in [0.1, 0.15) is 34.6 Å². The molecule has 0 saturated heterocycles. The van der Waals surface area contributed by atoms with Crippen LogP contribution in [0.2, 0.25) is 0 Å². The number of ether oxygens (including phenoxy) is 3. The van der Waals surface area contributed by atoms with Crippen molar-refractivity contribution in [2.24, 2.45) is 5.92 Å². The molecule has 3 atom stereocenters. The first-order valence-electron chi connectivity index (χ1n) is 11.4. The average Bonchev–Trinajstić information content (AvgIpc) is 2.84. The number of fused-ring (bicyclic) bond motifs is 1. The van der Waals surface area contributed by atoms with Crippen LogP contribution in [0.5, 0.6) is 11.5 Å². The second kappa shape index (κ2) is 11.4. The zero-order chi connectivity index (χ0) is 24.8. The second-order valence-electron chi connectivity index (χ2n) is 8.90. The van der Waals surface area contributed by atoms with Crippen LogP contribution in [0.4, 0.5) is 5.69 Å². The van der Waals surface area contributed by atoms with Crippen molar-refractivity contribution in [1.29, 1.82) is 0 Å². The van der Waals surface area contributed by atoms with Gasteiger partial charge in [-0.1, -0.05) is 19.1 Å². The minimum atomic E-state index is -0.306. The highest BCUT2D eigenvalue weighted by atomic mass is 16.5. The minimum absolute atomic E-state index is 0.0909. The maximum Gasteiger partial charge on any atom is 0.259 e. The fourth-order valence-corrected chi connectivity index (χ4v) is 4.06. The van der Waals surface area contributed by atoms with Crippen LogP contribution in [-0.2, 0) is 4.74 Å². The Morgan fingerprint density at radius 2 is 1.82 bits per heavy atom. The topological polar surface area (TPSA) is 80.3 Å². The summed E-state index contributed by atoms with van der Waals surface area (Å²) < 4.78 is 17.1. The fraction of sp³-hybridized carbons (Fsp3) is 0.462. The first-order valence-corrected chi connectivity index (χ1v) is 11.4. The van der Waals surface area contributed by atoms with Gasteiger partial charge < -0.3 is 24.4 Å². The molecule has 34 heavy (non-hydrogen) atoms. The lowest BCUT2D eigenvalue weighted by atomic mass is 10.0. The van der Waals surface area contributed by atoms with Crippen LogP contribution < -0.4 is 14.8 Å². The average molecular weight is 470 g/mol. The lowest BCUT2D eigenvalue weighted by Gasteiger charge is -2.34. The highest BCUT2D eigenvalue weighted by Crippen LogP contribution is 2.27. The molecule has 0 aliphatic carbocycles. The number of anilines is 1. The van der Waals surface area contributed by atoms with E-state index in [2.05, 4.69) is 31.1 Å². The van der Waals surface area contributed by atoms with Gasteiger partial charge in [-0.25, -0.2) is 0 Å². The molecular formula is C26H35N3O5. The van der Waals surface area contributed by atoms with Gasteiger partial charge in [-0.15, -0.1) is 0 Å². The maximum absolute atomic E-state index is 13.3. The molecule has 8 nitrogen and oxygen atoms in total. The van der Waals surface area contributed by atoms with E-state index in [9.17, 15) is 9.59 Å². The van der Waals surface area contributed by atoms with Gasteiger partial charge in [0.05, 0.1) is 24.3 Å². The predicted octanol–water partition coefficient (Wildman–Crippen LogP) is 3.38. The van der Waals surface area contributed by atoms with Gasteiger partial charge in [0.2, 0.25) is 0 Å². The van der Waals surface area contributed by atoms with E-state index in [1.807, 2.05) is 0 Å². The monoisotopic (exact) mass is 469 g/mol. The Balaban J connectivity index is 1.91. The number of carbonyl (C=O) groups is 2. The Morgan fingerprint density at radius 1 is 1.09 bits per heavy atom. The number of likely N-dealkylation sites (N-methyl/N-ethyl adjacent to an activating group) is 2. The van der Waals surface area contributed by atoms with Crippen molar-refractivity contribution in [2.75, 3.05) is 53.3 Å². The summed E-state index contributed by atoms with van der Waals surface area (Å²) >= 11 is 0. The molecule has 1 aliphatic heterocycles. The summed E-state index contributed by atoms with van der Waals surface area (Å²) in [6.45, 7) is 5.89. The summed E-state index contributed by atoms with van der Waals surface area (Å²) in [4.78, 5) is 30.0. The molecule has 2 aromatic rings. The molecule has 184 valence electrons. The number of carbonyl (C=O) groups excluding carboxylic acids is 2. The number of nitrogens with one attached hydrogen (secondary N) is 1. The third kappa shape index (κ3) is 5.87.